The third-order valence-corrected chi connectivity index (χ3v) is 3.37. The summed E-state index contributed by atoms with van der Waals surface area (Å²) in [6, 6.07) is 10.1. The van der Waals surface area contributed by atoms with Gasteiger partial charge in [-0.15, -0.1) is 0 Å². The van der Waals surface area contributed by atoms with E-state index in [2.05, 4.69) is 0 Å². The van der Waals surface area contributed by atoms with E-state index in [1.165, 1.54) is 49.4 Å². The predicted octanol–water partition coefficient (Wildman–Crippen LogP) is 4.32. The van der Waals surface area contributed by atoms with Gasteiger partial charge in [0.1, 0.15) is 6.10 Å². The van der Waals surface area contributed by atoms with Gasteiger partial charge in [-0.25, -0.2) is 9.59 Å². The third kappa shape index (κ3) is 3.73. The average molecular weight is 338 g/mol. The molecule has 2 aromatic carbocycles. The van der Waals surface area contributed by atoms with Crippen LogP contribution >= 0.6 is 0 Å². The van der Waals surface area contributed by atoms with E-state index < -0.39 is 29.8 Å². The molecule has 0 radical (unpaired) electrons. The van der Waals surface area contributed by atoms with Crippen molar-refractivity contribution in [3.8, 4) is 0 Å². The summed E-state index contributed by atoms with van der Waals surface area (Å²) in [5, 5.41) is 9.06. The van der Waals surface area contributed by atoms with Crippen molar-refractivity contribution in [3.05, 3.63) is 70.8 Å². The number of benzene rings is 2. The number of ether oxygens (including phenoxy) is 1. The average Bonchev–Trinajstić information content (AvgIpc) is 2.53. The van der Waals surface area contributed by atoms with Gasteiger partial charge in [-0.3, -0.25) is 0 Å². The van der Waals surface area contributed by atoms with Crippen LogP contribution in [0.3, 0.4) is 0 Å². The summed E-state index contributed by atoms with van der Waals surface area (Å²) < 4.78 is 44.1. The van der Waals surface area contributed by atoms with E-state index in [1.807, 2.05) is 0 Å². The summed E-state index contributed by atoms with van der Waals surface area (Å²) in [6.07, 6.45) is -5.78. The number of alkyl halides is 3. The lowest BCUT2D eigenvalue weighted by atomic mass is 10.0. The molecule has 126 valence electrons. The molecule has 0 amide bonds. The van der Waals surface area contributed by atoms with Gasteiger partial charge >= 0.3 is 18.1 Å². The Labute approximate surface area is 135 Å². The molecule has 0 aliphatic rings. The molecular weight excluding hydrogens is 325 g/mol. The normalized spacial score (nSPS) is 12.5. The Balaban J connectivity index is 2.30. The smallest absolute Gasteiger partial charge is 0.416 e. The van der Waals surface area contributed by atoms with Crippen LogP contribution in [0.5, 0.6) is 0 Å². The molecule has 0 fully saturated rings. The number of halogens is 3. The highest BCUT2D eigenvalue weighted by atomic mass is 19.4. The van der Waals surface area contributed by atoms with Crippen molar-refractivity contribution >= 4 is 11.9 Å². The first-order valence-corrected chi connectivity index (χ1v) is 6.91. The zero-order valence-electron chi connectivity index (χ0n) is 12.5. The van der Waals surface area contributed by atoms with Gasteiger partial charge in [-0.05, 0) is 25.1 Å². The van der Waals surface area contributed by atoms with Crippen molar-refractivity contribution in [1.82, 2.24) is 0 Å². The fraction of sp³-hybridized carbons (Fsp3) is 0.176. The summed E-state index contributed by atoms with van der Waals surface area (Å²) in [7, 11) is 0. The second-order valence-electron chi connectivity index (χ2n) is 4.98. The molecule has 2 aromatic rings. The van der Waals surface area contributed by atoms with Crippen LogP contribution in [-0.2, 0) is 10.9 Å². The van der Waals surface area contributed by atoms with Crippen molar-refractivity contribution < 1.29 is 32.6 Å². The predicted molar refractivity (Wildman–Crippen MR) is 78.7 cm³/mol. The second kappa shape index (κ2) is 6.74. The van der Waals surface area contributed by atoms with E-state index in [4.69, 9.17) is 9.84 Å². The van der Waals surface area contributed by atoms with Crippen LogP contribution in [0.1, 0.15) is 44.9 Å². The fourth-order valence-electron chi connectivity index (χ4n) is 2.24. The van der Waals surface area contributed by atoms with Crippen molar-refractivity contribution in [1.29, 1.82) is 0 Å². The molecule has 0 aliphatic carbocycles. The third-order valence-electron chi connectivity index (χ3n) is 3.37. The van der Waals surface area contributed by atoms with Crippen LogP contribution in [0.4, 0.5) is 13.2 Å². The fourth-order valence-corrected chi connectivity index (χ4v) is 2.24. The Morgan fingerprint density at radius 1 is 1.00 bits per heavy atom. The maximum atomic E-state index is 13.0. The highest BCUT2D eigenvalue weighted by Crippen LogP contribution is 2.35. The standard InChI is InChI=1S/C17H13F3O4/c1-10(11-6-4-5-9-14(11)17(18,19)20)24-16(23)13-8-3-2-7-12(13)15(21)22/h2-10H,1H3,(H,21,22)/t10-/m1/s1. The maximum absolute atomic E-state index is 13.0. The monoisotopic (exact) mass is 338 g/mol. The van der Waals surface area contributed by atoms with E-state index in [0.717, 1.165) is 6.07 Å². The maximum Gasteiger partial charge on any atom is 0.416 e. The lowest BCUT2D eigenvalue weighted by Crippen LogP contribution is -2.17. The number of rotatable bonds is 4. The number of hydrogen-bond acceptors (Lipinski definition) is 3. The summed E-state index contributed by atoms with van der Waals surface area (Å²) in [6.45, 7) is 1.30. The van der Waals surface area contributed by atoms with E-state index in [0.29, 0.717) is 0 Å². The van der Waals surface area contributed by atoms with Crippen LogP contribution in [0, 0.1) is 0 Å². The number of aromatic carboxylic acids is 1. The van der Waals surface area contributed by atoms with Crippen LogP contribution in [0.15, 0.2) is 48.5 Å². The molecule has 0 heterocycles. The van der Waals surface area contributed by atoms with Gasteiger partial charge in [0.25, 0.3) is 0 Å². The van der Waals surface area contributed by atoms with Crippen molar-refractivity contribution in [2.24, 2.45) is 0 Å². The number of hydrogen-bond donors (Lipinski definition) is 1. The van der Waals surface area contributed by atoms with Crippen LogP contribution in [0.25, 0.3) is 0 Å². The molecule has 2 rings (SSSR count). The first-order chi connectivity index (χ1) is 11.2. The zero-order valence-corrected chi connectivity index (χ0v) is 12.5. The van der Waals surface area contributed by atoms with Gasteiger partial charge in [-0.1, -0.05) is 30.3 Å². The summed E-state index contributed by atoms with van der Waals surface area (Å²) in [4.78, 5) is 23.3. The van der Waals surface area contributed by atoms with Gasteiger partial charge in [-0.2, -0.15) is 13.2 Å². The molecule has 1 N–H and O–H groups in total. The Hall–Kier alpha value is -2.83. The first kappa shape index (κ1) is 17.5. The minimum atomic E-state index is -4.59. The zero-order chi connectivity index (χ0) is 17.9. The molecular formula is C17H13F3O4. The van der Waals surface area contributed by atoms with Crippen LogP contribution < -0.4 is 0 Å². The number of esters is 1. The lowest BCUT2D eigenvalue weighted by molar-refractivity contribution is -0.139. The Morgan fingerprint density at radius 2 is 1.54 bits per heavy atom. The molecule has 0 aliphatic heterocycles. The van der Waals surface area contributed by atoms with Crippen molar-refractivity contribution in [2.45, 2.75) is 19.2 Å². The largest absolute Gasteiger partial charge is 0.478 e. The second-order valence-corrected chi connectivity index (χ2v) is 4.98. The van der Waals surface area contributed by atoms with E-state index >= 15 is 0 Å². The quantitative estimate of drug-likeness (QED) is 0.843. The molecule has 0 spiro atoms. The lowest BCUT2D eigenvalue weighted by Gasteiger charge is -2.19. The van der Waals surface area contributed by atoms with Gasteiger partial charge < -0.3 is 9.84 Å². The number of carbonyl (C=O) groups excluding carboxylic acids is 1. The topological polar surface area (TPSA) is 63.6 Å². The van der Waals surface area contributed by atoms with E-state index in [9.17, 15) is 22.8 Å². The Bertz CT molecular complexity index is 768. The van der Waals surface area contributed by atoms with Crippen molar-refractivity contribution in [2.75, 3.05) is 0 Å². The highest BCUT2D eigenvalue weighted by molar-refractivity contribution is 6.02. The number of carboxylic acids is 1. The number of carboxylic acid groups (broad SMARTS) is 1. The minimum absolute atomic E-state index is 0.203. The highest BCUT2D eigenvalue weighted by Gasteiger charge is 2.35. The SMILES string of the molecule is C[C@@H](OC(=O)c1ccccc1C(=O)O)c1ccccc1C(F)(F)F. The minimum Gasteiger partial charge on any atom is -0.478 e. The van der Waals surface area contributed by atoms with Gasteiger partial charge in [0.05, 0.1) is 16.7 Å². The molecule has 4 nitrogen and oxygen atoms in total. The van der Waals surface area contributed by atoms with Gasteiger partial charge in [0.15, 0.2) is 0 Å². The Morgan fingerprint density at radius 3 is 2.12 bits per heavy atom. The van der Waals surface area contributed by atoms with E-state index in [1.54, 1.807) is 0 Å². The molecule has 24 heavy (non-hydrogen) atoms. The molecule has 0 aromatic heterocycles. The first-order valence-electron chi connectivity index (χ1n) is 6.91. The Kier molecular flexibility index (Phi) is 4.92. The number of carbonyl (C=O) groups is 2. The molecule has 1 atom stereocenters. The van der Waals surface area contributed by atoms with E-state index in [-0.39, 0.29) is 16.7 Å². The molecule has 0 saturated carbocycles. The van der Waals surface area contributed by atoms with Crippen LogP contribution in [0.2, 0.25) is 0 Å². The molecule has 0 saturated heterocycles. The van der Waals surface area contributed by atoms with Gasteiger partial charge in [0.2, 0.25) is 0 Å². The van der Waals surface area contributed by atoms with Gasteiger partial charge in [0, 0.05) is 5.56 Å². The van der Waals surface area contributed by atoms with Crippen LogP contribution in [-0.4, -0.2) is 17.0 Å². The summed E-state index contributed by atoms with van der Waals surface area (Å²) in [5.74, 6) is -2.33. The molecule has 0 unspecified atom stereocenters. The summed E-state index contributed by atoms with van der Waals surface area (Å²) >= 11 is 0. The molecule has 7 heteroatoms. The summed E-state index contributed by atoms with van der Waals surface area (Å²) in [5.41, 5.74) is -1.61. The van der Waals surface area contributed by atoms with Crippen molar-refractivity contribution in [3.63, 3.8) is 0 Å². The molecule has 0 bridgehead atoms.